The van der Waals surface area contributed by atoms with Gasteiger partial charge in [-0.05, 0) is 0 Å². The van der Waals surface area contributed by atoms with Crippen LogP contribution in [0.1, 0.15) is 0 Å². The summed E-state index contributed by atoms with van der Waals surface area (Å²) in [6.07, 6.45) is 0. The van der Waals surface area contributed by atoms with Gasteiger partial charge in [0.1, 0.15) is 0 Å². The number of rotatable bonds is 15. The van der Waals surface area contributed by atoms with Crippen LogP contribution in [0.5, 0.6) is 0 Å². The summed E-state index contributed by atoms with van der Waals surface area (Å²) < 4.78 is -23.9. The van der Waals surface area contributed by atoms with Gasteiger partial charge in [-0.25, -0.2) is 0 Å². The van der Waals surface area contributed by atoms with E-state index in [0.29, 0.717) is 0 Å². The van der Waals surface area contributed by atoms with Crippen LogP contribution in [0.25, 0.3) is 0 Å². The molecule has 0 fully saturated rings. The van der Waals surface area contributed by atoms with Crippen molar-refractivity contribution in [3.8, 4) is 0 Å². The monoisotopic (exact) mass is 1430 g/mol. The second kappa shape index (κ2) is 18.1. The molecule has 0 aliphatic heterocycles. The van der Waals surface area contributed by atoms with Crippen molar-refractivity contribution in [3.63, 3.8) is 0 Å². The van der Waals surface area contributed by atoms with E-state index in [-0.39, 0.29) is 0 Å². The number of hydrogen-bond donors (Lipinski definition) is 1. The molecule has 0 aromatic carbocycles. The largest absolute Gasteiger partial charge is 0.302 e. The molecule has 37 heteroatoms. The van der Waals surface area contributed by atoms with E-state index in [4.69, 9.17) is 383 Å². The summed E-state index contributed by atoms with van der Waals surface area (Å²) in [7, 11) is -5.78. The van der Waals surface area contributed by atoms with Crippen molar-refractivity contribution in [3.05, 3.63) is 0 Å². The van der Waals surface area contributed by atoms with E-state index in [0.717, 1.165) is 0 Å². The highest BCUT2D eigenvalue weighted by molar-refractivity contribution is 7.90. The lowest BCUT2D eigenvalue weighted by atomic mass is 9.97. The van der Waals surface area contributed by atoms with Crippen LogP contribution in [0.15, 0.2) is 0 Å². The normalized spacial score (nSPS) is 17.4. The second-order valence-corrected chi connectivity index (χ2v) is 33.7. The maximum absolute atomic E-state index is 11.9. The van der Waals surface area contributed by atoms with Gasteiger partial charge >= 0.3 is 10.1 Å². The summed E-state index contributed by atoms with van der Waals surface area (Å²) in [5, 5.41) is 0. The quantitative estimate of drug-likeness (QED) is 0.131. The molecule has 0 radical (unpaired) electrons. The van der Waals surface area contributed by atoms with Gasteiger partial charge in [-0.1, -0.05) is 383 Å². The van der Waals surface area contributed by atoms with Gasteiger partial charge in [0.2, 0.25) is 12.5 Å². The number of hydrogen-bond acceptors (Lipinski definition) is 2. The molecule has 0 aliphatic carbocycles. The fourth-order valence-corrected chi connectivity index (χ4v) is 14.9. The van der Waals surface area contributed by atoms with Gasteiger partial charge in [0, 0.05) is 0 Å². The van der Waals surface area contributed by atoms with Crippen LogP contribution in [0.2, 0.25) is 0 Å². The third-order valence-corrected chi connectivity index (χ3v) is 31.8. The van der Waals surface area contributed by atoms with E-state index in [1.807, 2.05) is 0 Å². The first-order valence-corrected chi connectivity index (χ1v) is 24.6. The van der Waals surface area contributed by atoms with Crippen molar-refractivity contribution in [2.45, 2.75) is 68.1 Å². The minimum atomic E-state index is -5.78. The topological polar surface area (TPSA) is 54.4 Å². The average Bonchev–Trinajstić information content (AvgIpc) is 2.89. The van der Waals surface area contributed by atoms with E-state index in [1.165, 1.54) is 0 Å². The molecule has 0 amide bonds. The standard InChI is InChI=1S/C16HCl33O3S/c17-1(18,3(21,22)5(25,26)7(29,30)9(33,34)11(37,38)13(41,42)15(45,46)47)2(19,20)4(23,24)6(27,28)8(31,32)10(35,36)12(39,40)14(43,44)16(48,49)53(50,51)52/h(H,50,51,52). The molecule has 0 aromatic heterocycles. The molecular weight excluding hydrogens is 1440 g/mol. The minimum Gasteiger partial charge on any atom is -0.283 e. The molecule has 0 aromatic rings. The highest BCUT2D eigenvalue weighted by Gasteiger charge is 2.88. The predicted molar refractivity (Wildman–Crippen MR) is 248 cm³/mol. The fourth-order valence-electron chi connectivity index (χ4n) is 2.89. The van der Waals surface area contributed by atoms with E-state index < -0.39 is 78.2 Å². The van der Waals surface area contributed by atoms with Crippen molar-refractivity contribution in [1.82, 2.24) is 0 Å². The van der Waals surface area contributed by atoms with Crippen molar-refractivity contribution in [1.29, 1.82) is 0 Å². The first-order chi connectivity index (χ1) is 22.0. The third kappa shape index (κ3) is 9.23. The van der Waals surface area contributed by atoms with Crippen molar-refractivity contribution < 1.29 is 13.0 Å². The SMILES string of the molecule is O=S(=O)(O)C(Cl)(Cl)C(Cl)(Cl)C(Cl)(Cl)C(Cl)(Cl)C(Cl)(Cl)C(Cl)(Cl)C(Cl)(Cl)C(Cl)(Cl)C(Cl)(Cl)C(Cl)(Cl)C(Cl)(Cl)C(Cl)(Cl)C(Cl)(Cl)C(Cl)(Cl)C(Cl)(Cl)C(Cl)(Cl)Cl. The van der Waals surface area contributed by atoms with Crippen LogP contribution in [0.3, 0.4) is 0 Å². The van der Waals surface area contributed by atoms with Crippen molar-refractivity contribution in [2.75, 3.05) is 0 Å². The van der Waals surface area contributed by atoms with E-state index in [9.17, 15) is 13.0 Å². The highest BCUT2D eigenvalue weighted by atomic mass is 35.6. The predicted octanol–water partition coefficient (Wildman–Crippen LogP) is 18.8. The highest BCUT2D eigenvalue weighted by Crippen LogP contribution is 2.78. The Morgan fingerprint density at radius 3 is 0.453 bits per heavy atom. The maximum Gasteiger partial charge on any atom is 0.302 e. The summed E-state index contributed by atoms with van der Waals surface area (Å²) in [4.78, 5) is 0. The first kappa shape index (κ1) is 62.5. The minimum absolute atomic E-state index is 2.88. The number of alkyl halides is 33. The Kier molecular flexibility index (Phi) is 21.3. The van der Waals surface area contributed by atoms with Crippen LogP contribution in [-0.4, -0.2) is 81.1 Å². The summed E-state index contributed by atoms with van der Waals surface area (Å²) in [5.41, 5.74) is 0. The van der Waals surface area contributed by atoms with Crippen LogP contribution in [-0.2, 0) is 10.1 Å². The summed E-state index contributed by atoms with van der Waals surface area (Å²) in [5.74, 6) is 0. The Balaban J connectivity index is 7.81. The lowest BCUT2D eigenvalue weighted by Gasteiger charge is -2.58. The van der Waals surface area contributed by atoms with Gasteiger partial charge in [-0.3, -0.25) is 4.55 Å². The zero-order chi connectivity index (χ0) is 44.5. The second-order valence-electron chi connectivity index (χ2n) is 9.53. The lowest BCUT2D eigenvalue weighted by Crippen LogP contribution is -2.75. The third-order valence-electron chi connectivity index (χ3n) is 6.17. The van der Waals surface area contributed by atoms with Crippen LogP contribution in [0, 0.1) is 0 Å². The Bertz CT molecular complexity index is 1480. The Labute approximate surface area is 466 Å². The molecule has 0 spiro atoms. The van der Waals surface area contributed by atoms with Gasteiger partial charge in [-0.2, -0.15) is 8.42 Å². The van der Waals surface area contributed by atoms with Crippen molar-refractivity contribution >= 4 is 393 Å². The summed E-state index contributed by atoms with van der Waals surface area (Å²) >= 11 is 206. The van der Waals surface area contributed by atoms with Gasteiger partial charge in [0.15, 0.2) is 52.0 Å². The molecule has 53 heavy (non-hydrogen) atoms. The lowest BCUT2D eigenvalue weighted by molar-refractivity contribution is 0.396. The Morgan fingerprint density at radius 1 is 0.226 bits per heavy atom. The molecule has 0 heterocycles. The van der Waals surface area contributed by atoms with Crippen LogP contribution in [0.4, 0.5) is 0 Å². The van der Waals surface area contributed by atoms with Crippen LogP contribution < -0.4 is 0 Å². The fraction of sp³-hybridized carbons (Fsp3) is 1.00. The average molecular weight is 1440 g/mol. The smallest absolute Gasteiger partial charge is 0.283 e. The molecule has 320 valence electrons. The first-order valence-electron chi connectivity index (χ1n) is 10.7. The van der Waals surface area contributed by atoms with Gasteiger partial charge in [0.25, 0.3) is 3.67 Å². The Hall–Kier alpha value is 9.48. The van der Waals surface area contributed by atoms with Crippen molar-refractivity contribution in [2.24, 2.45) is 0 Å². The zero-order valence-corrected chi connectivity index (χ0v) is 47.9. The molecule has 0 aliphatic rings. The summed E-state index contributed by atoms with van der Waals surface area (Å²) in [6.45, 7) is 0. The molecule has 0 rings (SSSR count). The molecule has 0 atom stereocenters. The van der Waals surface area contributed by atoms with E-state index in [1.54, 1.807) is 0 Å². The maximum atomic E-state index is 11.9. The van der Waals surface area contributed by atoms with Crippen LogP contribution >= 0.6 is 383 Å². The molecule has 0 saturated carbocycles. The Morgan fingerprint density at radius 2 is 0.340 bits per heavy atom. The molecule has 0 unspecified atom stereocenters. The molecule has 0 saturated heterocycles. The molecular formula is C16HCl33O3S. The van der Waals surface area contributed by atoms with Gasteiger partial charge < -0.3 is 0 Å². The molecule has 3 nitrogen and oxygen atoms in total. The summed E-state index contributed by atoms with van der Waals surface area (Å²) in [6, 6.07) is 0. The van der Waals surface area contributed by atoms with E-state index >= 15 is 0 Å². The molecule has 1 N–H and O–H groups in total. The van der Waals surface area contributed by atoms with E-state index in [2.05, 4.69) is 0 Å². The van der Waals surface area contributed by atoms with Gasteiger partial charge in [0.05, 0.1) is 0 Å². The zero-order valence-electron chi connectivity index (χ0n) is 22.1. The van der Waals surface area contributed by atoms with Gasteiger partial charge in [-0.15, -0.1) is 0 Å². The molecule has 0 bridgehead atoms. The number of halogens is 33.